The van der Waals surface area contributed by atoms with Crippen molar-refractivity contribution in [3.05, 3.63) is 0 Å². The fourth-order valence-corrected chi connectivity index (χ4v) is 2.16. The van der Waals surface area contributed by atoms with Crippen LogP contribution in [0, 0.1) is 10.8 Å². The molecular weight excluding hydrogens is 176 g/mol. The van der Waals surface area contributed by atoms with Gasteiger partial charge in [-0.25, -0.2) is 0 Å². The summed E-state index contributed by atoms with van der Waals surface area (Å²) in [4.78, 5) is 11.2. The molecule has 0 aromatic carbocycles. The Balaban J connectivity index is 2.32. The summed E-state index contributed by atoms with van der Waals surface area (Å²) in [5, 5.41) is 6.09. The van der Waals surface area contributed by atoms with Gasteiger partial charge < -0.3 is 10.6 Å². The van der Waals surface area contributed by atoms with Gasteiger partial charge in [0.05, 0.1) is 6.54 Å². The number of nitrogens with one attached hydrogen (secondary N) is 2. The second-order valence-electron chi connectivity index (χ2n) is 5.21. The number of hydrogen-bond donors (Lipinski definition) is 2. The summed E-state index contributed by atoms with van der Waals surface area (Å²) in [5.41, 5.74) is 0.610. The molecule has 2 N–H and O–H groups in total. The van der Waals surface area contributed by atoms with Gasteiger partial charge in [-0.05, 0) is 17.8 Å². The minimum atomic E-state index is 0.0889. The summed E-state index contributed by atoms with van der Waals surface area (Å²) in [6.45, 7) is 12.0. The van der Waals surface area contributed by atoms with E-state index < -0.39 is 0 Å². The van der Waals surface area contributed by atoms with E-state index in [0.29, 0.717) is 30.0 Å². The molecule has 1 aliphatic rings. The molecule has 3 heteroatoms. The Kier molecular flexibility index (Phi) is 2.91. The lowest BCUT2D eigenvalue weighted by Crippen LogP contribution is -2.36. The van der Waals surface area contributed by atoms with Gasteiger partial charge in [0.2, 0.25) is 5.91 Å². The van der Waals surface area contributed by atoms with Gasteiger partial charge in [-0.2, -0.15) is 0 Å². The van der Waals surface area contributed by atoms with E-state index in [9.17, 15) is 4.79 Å². The average molecular weight is 198 g/mol. The number of hydrogen-bond acceptors (Lipinski definition) is 2. The average Bonchev–Trinajstić information content (AvgIpc) is 2.41. The molecule has 0 aromatic rings. The van der Waals surface area contributed by atoms with Crippen LogP contribution in [0.4, 0.5) is 0 Å². The smallest absolute Gasteiger partial charge is 0.233 e. The highest BCUT2D eigenvalue weighted by molar-refractivity contribution is 5.78. The zero-order valence-corrected chi connectivity index (χ0v) is 9.90. The quantitative estimate of drug-likeness (QED) is 0.711. The topological polar surface area (TPSA) is 41.1 Å². The fraction of sp³-hybridized carbons (Fsp3) is 0.909. The maximum absolute atomic E-state index is 11.2. The Bertz CT molecular complexity index is 219. The number of amides is 1. The molecule has 1 fully saturated rings. The van der Waals surface area contributed by atoms with Crippen molar-refractivity contribution in [1.82, 2.24) is 10.6 Å². The van der Waals surface area contributed by atoms with Crippen molar-refractivity contribution in [3.63, 3.8) is 0 Å². The zero-order valence-electron chi connectivity index (χ0n) is 9.90. The summed E-state index contributed by atoms with van der Waals surface area (Å²) in [5.74, 6) is 0.0889. The van der Waals surface area contributed by atoms with Crippen LogP contribution in [0.2, 0.25) is 0 Å². The Morgan fingerprint density at radius 2 is 1.71 bits per heavy atom. The van der Waals surface area contributed by atoms with Gasteiger partial charge in [0.15, 0.2) is 0 Å². The Labute approximate surface area is 86.6 Å². The lowest BCUT2D eigenvalue weighted by Gasteiger charge is -2.05. The molecule has 0 radical (unpaired) electrons. The van der Waals surface area contributed by atoms with Gasteiger partial charge in [0.25, 0.3) is 0 Å². The summed E-state index contributed by atoms with van der Waals surface area (Å²) in [6, 6.07) is 0.456. The Hall–Kier alpha value is -0.570. The van der Waals surface area contributed by atoms with Crippen LogP contribution in [-0.4, -0.2) is 25.0 Å². The first-order valence-corrected chi connectivity index (χ1v) is 5.34. The SMILES string of the molecule is CCNC(=O)CNC1C(C)(C)C1(C)C. The van der Waals surface area contributed by atoms with Crippen LogP contribution in [0.15, 0.2) is 0 Å². The monoisotopic (exact) mass is 198 g/mol. The van der Waals surface area contributed by atoms with E-state index in [0.717, 1.165) is 0 Å². The first-order chi connectivity index (χ1) is 6.34. The minimum absolute atomic E-state index is 0.0889. The molecule has 0 aliphatic heterocycles. The van der Waals surface area contributed by atoms with Crippen molar-refractivity contribution < 1.29 is 4.79 Å². The second-order valence-corrected chi connectivity index (χ2v) is 5.21. The molecule has 3 nitrogen and oxygen atoms in total. The van der Waals surface area contributed by atoms with E-state index in [-0.39, 0.29) is 5.91 Å². The molecule has 0 heterocycles. The van der Waals surface area contributed by atoms with Crippen molar-refractivity contribution in [2.45, 2.75) is 40.7 Å². The summed E-state index contributed by atoms with van der Waals surface area (Å²) in [6.07, 6.45) is 0. The van der Waals surface area contributed by atoms with E-state index in [2.05, 4.69) is 38.3 Å². The Morgan fingerprint density at radius 3 is 2.07 bits per heavy atom. The number of carbonyl (C=O) groups excluding carboxylic acids is 1. The first kappa shape index (κ1) is 11.5. The molecule has 1 rings (SSSR count). The third-order valence-corrected chi connectivity index (χ3v) is 3.86. The van der Waals surface area contributed by atoms with Crippen LogP contribution >= 0.6 is 0 Å². The molecule has 0 unspecified atom stereocenters. The summed E-state index contributed by atoms with van der Waals surface area (Å²) < 4.78 is 0. The predicted octanol–water partition coefficient (Wildman–Crippen LogP) is 1.15. The highest BCUT2D eigenvalue weighted by Gasteiger charge is 2.64. The van der Waals surface area contributed by atoms with Gasteiger partial charge in [-0.15, -0.1) is 0 Å². The van der Waals surface area contributed by atoms with Gasteiger partial charge in [-0.1, -0.05) is 27.7 Å². The van der Waals surface area contributed by atoms with Crippen LogP contribution in [0.1, 0.15) is 34.6 Å². The van der Waals surface area contributed by atoms with Gasteiger partial charge in [0, 0.05) is 12.6 Å². The van der Waals surface area contributed by atoms with Crippen LogP contribution in [0.3, 0.4) is 0 Å². The van der Waals surface area contributed by atoms with Crippen LogP contribution in [0.5, 0.6) is 0 Å². The molecule has 0 aromatic heterocycles. The molecule has 0 atom stereocenters. The molecule has 14 heavy (non-hydrogen) atoms. The standard InChI is InChI=1S/C11H22N2O/c1-6-12-8(14)7-13-9-10(2,3)11(9,4)5/h9,13H,6-7H2,1-5H3,(H,12,14). The highest BCUT2D eigenvalue weighted by Crippen LogP contribution is 2.62. The van der Waals surface area contributed by atoms with Crippen molar-refractivity contribution >= 4 is 5.91 Å². The number of rotatable bonds is 4. The van der Waals surface area contributed by atoms with E-state index >= 15 is 0 Å². The molecule has 1 amide bonds. The molecular formula is C11H22N2O. The minimum Gasteiger partial charge on any atom is -0.355 e. The normalized spacial score (nSPS) is 23.2. The maximum atomic E-state index is 11.2. The van der Waals surface area contributed by atoms with Crippen LogP contribution < -0.4 is 10.6 Å². The molecule has 0 saturated heterocycles. The van der Waals surface area contributed by atoms with E-state index in [1.54, 1.807) is 0 Å². The van der Waals surface area contributed by atoms with Crippen molar-refractivity contribution in [3.8, 4) is 0 Å². The number of carbonyl (C=O) groups is 1. The van der Waals surface area contributed by atoms with Crippen molar-refractivity contribution in [2.75, 3.05) is 13.1 Å². The Morgan fingerprint density at radius 1 is 1.21 bits per heavy atom. The molecule has 82 valence electrons. The summed E-state index contributed by atoms with van der Waals surface area (Å²) in [7, 11) is 0. The third kappa shape index (κ3) is 1.78. The van der Waals surface area contributed by atoms with Gasteiger partial charge >= 0.3 is 0 Å². The van der Waals surface area contributed by atoms with E-state index in [1.165, 1.54) is 0 Å². The molecule has 0 bridgehead atoms. The maximum Gasteiger partial charge on any atom is 0.233 e. The van der Waals surface area contributed by atoms with E-state index in [4.69, 9.17) is 0 Å². The zero-order chi connectivity index (χ0) is 11.0. The first-order valence-electron chi connectivity index (χ1n) is 5.34. The fourth-order valence-electron chi connectivity index (χ4n) is 2.16. The molecule has 0 spiro atoms. The largest absolute Gasteiger partial charge is 0.355 e. The lowest BCUT2D eigenvalue weighted by atomic mass is 10.0. The molecule has 1 aliphatic carbocycles. The van der Waals surface area contributed by atoms with Crippen molar-refractivity contribution in [1.29, 1.82) is 0 Å². The predicted molar refractivity (Wildman–Crippen MR) is 58.0 cm³/mol. The van der Waals surface area contributed by atoms with Crippen molar-refractivity contribution in [2.24, 2.45) is 10.8 Å². The second kappa shape index (κ2) is 3.54. The lowest BCUT2D eigenvalue weighted by molar-refractivity contribution is -0.120. The van der Waals surface area contributed by atoms with Gasteiger partial charge in [0.1, 0.15) is 0 Å². The van der Waals surface area contributed by atoms with E-state index in [1.807, 2.05) is 6.92 Å². The summed E-state index contributed by atoms with van der Waals surface area (Å²) >= 11 is 0. The highest BCUT2D eigenvalue weighted by atomic mass is 16.1. The number of likely N-dealkylation sites (N-methyl/N-ethyl adjacent to an activating group) is 1. The molecule has 1 saturated carbocycles. The van der Waals surface area contributed by atoms with Crippen LogP contribution in [0.25, 0.3) is 0 Å². The van der Waals surface area contributed by atoms with Gasteiger partial charge in [-0.3, -0.25) is 4.79 Å². The third-order valence-electron chi connectivity index (χ3n) is 3.86. The van der Waals surface area contributed by atoms with Crippen LogP contribution in [-0.2, 0) is 4.79 Å².